The summed E-state index contributed by atoms with van der Waals surface area (Å²) in [7, 11) is 0. The molecule has 1 aromatic carbocycles. The van der Waals surface area contributed by atoms with Crippen molar-refractivity contribution in [1.82, 2.24) is 9.80 Å². The van der Waals surface area contributed by atoms with Gasteiger partial charge in [-0.25, -0.2) is 0 Å². The second kappa shape index (κ2) is 4.71. The molecule has 5 heteroatoms. The zero-order chi connectivity index (χ0) is 14.4. The van der Waals surface area contributed by atoms with Gasteiger partial charge in [0.15, 0.2) is 0 Å². The van der Waals surface area contributed by atoms with E-state index in [-0.39, 0.29) is 5.41 Å². The molecule has 4 bridgehead atoms. The lowest BCUT2D eigenvalue weighted by Crippen LogP contribution is -2.62. The van der Waals surface area contributed by atoms with Gasteiger partial charge in [0.2, 0.25) is 0 Å². The third-order valence-corrected chi connectivity index (χ3v) is 5.29. The van der Waals surface area contributed by atoms with E-state index >= 15 is 0 Å². The van der Waals surface area contributed by atoms with Gasteiger partial charge in [0.25, 0.3) is 0 Å². The second-order valence-corrected chi connectivity index (χ2v) is 6.81. The Labute approximate surface area is 125 Å². The normalized spacial score (nSPS) is 39.6. The molecule has 2 unspecified atom stereocenters. The number of hydrogen-bond donors (Lipinski definition) is 2. The Bertz CT molecular complexity index is 552. The Morgan fingerprint density at radius 3 is 2.33 bits per heavy atom. The fourth-order valence-corrected chi connectivity index (χ4v) is 4.56. The Hall–Kier alpha value is -1.59. The van der Waals surface area contributed by atoms with Gasteiger partial charge in [-0.3, -0.25) is 0 Å². The highest BCUT2D eigenvalue weighted by atomic mass is 16.3. The molecule has 3 N–H and O–H groups in total. The summed E-state index contributed by atoms with van der Waals surface area (Å²) in [5, 5.41) is 13.7. The van der Waals surface area contributed by atoms with E-state index in [0.29, 0.717) is 11.7 Å². The van der Waals surface area contributed by atoms with Gasteiger partial charge in [0, 0.05) is 50.6 Å². The van der Waals surface area contributed by atoms with Gasteiger partial charge in [-0.1, -0.05) is 12.1 Å². The third kappa shape index (κ3) is 2.12. The maximum Gasteiger partial charge on any atom is 0.115 e. The Kier molecular flexibility index (Phi) is 2.94. The van der Waals surface area contributed by atoms with Gasteiger partial charge < -0.3 is 20.7 Å². The number of phenolic OH excluding ortho intramolecular Hbond substituents is 1. The molecule has 0 spiro atoms. The van der Waals surface area contributed by atoms with Crippen LogP contribution in [0.4, 0.5) is 0 Å². The molecule has 4 saturated heterocycles. The van der Waals surface area contributed by atoms with E-state index in [1.807, 2.05) is 12.1 Å². The van der Waals surface area contributed by atoms with Crippen LogP contribution in [-0.2, 0) is 6.42 Å². The van der Waals surface area contributed by atoms with Crippen LogP contribution in [0.1, 0.15) is 5.56 Å². The molecule has 21 heavy (non-hydrogen) atoms. The number of phenols is 1. The standard InChI is InChI=1S/C16H22N4O/c17-18-15-13-8-19-5-6-20(9-13)11-16(15,10-19)7-12-1-3-14(21)4-2-12/h1-4,13,21H,5-11,17H2. The van der Waals surface area contributed by atoms with Crippen molar-refractivity contribution >= 4 is 5.71 Å². The van der Waals surface area contributed by atoms with E-state index in [1.165, 1.54) is 11.3 Å². The van der Waals surface area contributed by atoms with E-state index < -0.39 is 0 Å². The van der Waals surface area contributed by atoms with E-state index in [4.69, 9.17) is 5.84 Å². The lowest BCUT2D eigenvalue weighted by atomic mass is 9.67. The first kappa shape index (κ1) is 13.1. The lowest BCUT2D eigenvalue weighted by molar-refractivity contribution is 0.117. The minimum Gasteiger partial charge on any atom is -0.508 e. The molecule has 0 aliphatic carbocycles. The maximum atomic E-state index is 9.47. The molecule has 5 nitrogen and oxygen atoms in total. The van der Waals surface area contributed by atoms with Crippen LogP contribution in [0.25, 0.3) is 0 Å². The molecular formula is C16H22N4O. The monoisotopic (exact) mass is 286 g/mol. The van der Waals surface area contributed by atoms with Crippen molar-refractivity contribution in [2.24, 2.45) is 22.3 Å². The van der Waals surface area contributed by atoms with E-state index in [0.717, 1.165) is 45.7 Å². The minimum absolute atomic E-state index is 0.0450. The lowest BCUT2D eigenvalue weighted by Gasteiger charge is -2.50. The molecule has 1 aromatic rings. The summed E-state index contributed by atoms with van der Waals surface area (Å²) in [5.41, 5.74) is 2.51. The highest BCUT2D eigenvalue weighted by Crippen LogP contribution is 2.40. The van der Waals surface area contributed by atoms with Crippen molar-refractivity contribution in [3.63, 3.8) is 0 Å². The van der Waals surface area contributed by atoms with Crippen LogP contribution < -0.4 is 5.84 Å². The van der Waals surface area contributed by atoms with Crippen LogP contribution >= 0.6 is 0 Å². The summed E-state index contributed by atoms with van der Waals surface area (Å²) in [4.78, 5) is 5.15. The van der Waals surface area contributed by atoms with Crippen LogP contribution in [-0.4, -0.2) is 59.9 Å². The molecule has 4 aliphatic rings. The van der Waals surface area contributed by atoms with Crippen LogP contribution in [0.2, 0.25) is 0 Å². The number of hydrogen-bond acceptors (Lipinski definition) is 5. The summed E-state index contributed by atoms with van der Waals surface area (Å²) < 4.78 is 0. The molecular weight excluding hydrogens is 264 g/mol. The predicted octanol–water partition coefficient (Wildman–Crippen LogP) is 0.497. The topological polar surface area (TPSA) is 65.1 Å². The summed E-state index contributed by atoms with van der Waals surface area (Å²) in [6.45, 7) is 6.62. The molecule has 0 amide bonds. The number of nitrogens with zero attached hydrogens (tertiary/aromatic N) is 3. The average molecular weight is 286 g/mol. The van der Waals surface area contributed by atoms with Gasteiger partial charge in [-0.05, 0) is 24.1 Å². The van der Waals surface area contributed by atoms with Crippen LogP contribution in [0, 0.1) is 11.3 Å². The van der Waals surface area contributed by atoms with Crippen LogP contribution in [0.3, 0.4) is 0 Å². The van der Waals surface area contributed by atoms with E-state index in [2.05, 4.69) is 14.9 Å². The quantitative estimate of drug-likeness (QED) is 0.614. The van der Waals surface area contributed by atoms with Crippen molar-refractivity contribution in [1.29, 1.82) is 0 Å². The molecule has 5 rings (SSSR count). The average Bonchev–Trinajstić information content (AvgIpc) is 2.69. The molecule has 0 aromatic heterocycles. The molecule has 112 valence electrons. The Balaban J connectivity index is 1.71. The number of hydrazone groups is 1. The first-order chi connectivity index (χ1) is 10.2. The van der Waals surface area contributed by atoms with Crippen LogP contribution in [0.5, 0.6) is 5.75 Å². The van der Waals surface area contributed by atoms with Crippen molar-refractivity contribution in [3.8, 4) is 5.75 Å². The fraction of sp³-hybridized carbons (Fsp3) is 0.562. The van der Waals surface area contributed by atoms with Gasteiger partial charge in [-0.2, -0.15) is 5.10 Å². The molecule has 2 atom stereocenters. The number of nitrogens with two attached hydrogens (primary N) is 1. The summed E-state index contributed by atoms with van der Waals surface area (Å²) in [5.74, 6) is 6.58. The summed E-state index contributed by atoms with van der Waals surface area (Å²) in [6, 6.07) is 7.57. The molecule has 4 heterocycles. The fourth-order valence-electron chi connectivity index (χ4n) is 4.56. The Morgan fingerprint density at radius 2 is 1.76 bits per heavy atom. The zero-order valence-electron chi connectivity index (χ0n) is 12.2. The van der Waals surface area contributed by atoms with Gasteiger partial charge in [-0.15, -0.1) is 0 Å². The van der Waals surface area contributed by atoms with Crippen molar-refractivity contribution in [2.45, 2.75) is 6.42 Å². The van der Waals surface area contributed by atoms with Gasteiger partial charge in [0.05, 0.1) is 5.71 Å². The van der Waals surface area contributed by atoms with E-state index in [1.54, 1.807) is 12.1 Å². The predicted molar refractivity (Wildman–Crippen MR) is 82.2 cm³/mol. The highest BCUT2D eigenvalue weighted by Gasteiger charge is 2.51. The van der Waals surface area contributed by atoms with Crippen molar-refractivity contribution in [3.05, 3.63) is 29.8 Å². The second-order valence-electron chi connectivity index (χ2n) is 6.81. The third-order valence-electron chi connectivity index (χ3n) is 5.29. The molecule has 4 fully saturated rings. The SMILES string of the molecule is NN=C1C2CN3CCN(C2)CC1(Cc1ccc(O)cc1)C3. The first-order valence-corrected chi connectivity index (χ1v) is 7.69. The van der Waals surface area contributed by atoms with Crippen molar-refractivity contribution in [2.75, 3.05) is 39.3 Å². The van der Waals surface area contributed by atoms with Gasteiger partial charge >= 0.3 is 0 Å². The van der Waals surface area contributed by atoms with E-state index in [9.17, 15) is 5.11 Å². The largest absolute Gasteiger partial charge is 0.508 e. The molecule has 0 radical (unpaired) electrons. The molecule has 0 saturated carbocycles. The summed E-state index contributed by atoms with van der Waals surface area (Å²) >= 11 is 0. The maximum absolute atomic E-state index is 9.47. The van der Waals surface area contributed by atoms with Crippen LogP contribution in [0.15, 0.2) is 29.4 Å². The zero-order valence-corrected chi connectivity index (χ0v) is 12.2. The number of rotatable bonds is 2. The van der Waals surface area contributed by atoms with Crippen molar-refractivity contribution < 1.29 is 5.11 Å². The number of benzene rings is 1. The number of fused-ring (bicyclic) bond motifs is 1. The summed E-state index contributed by atoms with van der Waals surface area (Å²) in [6.07, 6.45) is 0.951. The minimum atomic E-state index is 0.0450. The number of aromatic hydroxyl groups is 1. The molecule has 4 aliphatic heterocycles. The smallest absolute Gasteiger partial charge is 0.115 e. The first-order valence-electron chi connectivity index (χ1n) is 7.69. The highest BCUT2D eigenvalue weighted by molar-refractivity contribution is 5.94. The van der Waals surface area contributed by atoms with Gasteiger partial charge in [0.1, 0.15) is 5.75 Å². The number of piperidine rings is 2. The Morgan fingerprint density at radius 1 is 1.14 bits per heavy atom.